The Morgan fingerprint density at radius 2 is 1.86 bits per heavy atom. The van der Waals surface area contributed by atoms with Gasteiger partial charge in [-0.1, -0.05) is 0 Å². The maximum absolute atomic E-state index is 13.5. The number of nitrogens with one attached hydrogen (secondary N) is 1. The number of hydrogen-bond donors (Lipinski definition) is 1. The van der Waals surface area contributed by atoms with Crippen LogP contribution in [-0.2, 0) is 4.74 Å². The average Bonchev–Trinajstić information content (AvgIpc) is 3.00. The molecular formula is C19H24F2N6O. The molecule has 2 saturated heterocycles. The van der Waals surface area contributed by atoms with Crippen LogP contribution in [0.15, 0.2) is 18.3 Å². The third kappa shape index (κ3) is 3.21. The zero-order chi connectivity index (χ0) is 19.4. The maximum atomic E-state index is 13.5. The van der Waals surface area contributed by atoms with Crippen LogP contribution in [-0.4, -0.2) is 58.0 Å². The zero-order valence-corrected chi connectivity index (χ0v) is 15.9. The average molecular weight is 390 g/mol. The molecule has 0 atom stereocenters. The van der Waals surface area contributed by atoms with Gasteiger partial charge in [-0.25, -0.2) is 13.5 Å². The highest BCUT2D eigenvalue weighted by Gasteiger charge is 2.49. The van der Waals surface area contributed by atoms with Gasteiger partial charge in [0.05, 0.1) is 18.6 Å². The van der Waals surface area contributed by atoms with E-state index in [1.807, 2.05) is 19.1 Å². The fourth-order valence-electron chi connectivity index (χ4n) is 4.23. The largest absolute Gasteiger partial charge is 0.380 e. The van der Waals surface area contributed by atoms with Crippen molar-refractivity contribution in [2.24, 2.45) is 5.41 Å². The second-order valence-electron chi connectivity index (χ2n) is 8.42. The Kier molecular flexibility index (Phi) is 4.04. The Morgan fingerprint density at radius 1 is 1.14 bits per heavy atom. The molecule has 0 bridgehead atoms. The summed E-state index contributed by atoms with van der Waals surface area (Å²) >= 11 is 0. The Balaban J connectivity index is 1.39. The molecule has 1 spiro atoms. The van der Waals surface area contributed by atoms with Gasteiger partial charge >= 0.3 is 0 Å². The fourth-order valence-corrected chi connectivity index (χ4v) is 4.23. The number of halogens is 2. The van der Waals surface area contributed by atoms with Gasteiger partial charge in [-0.05, 0) is 25.8 Å². The van der Waals surface area contributed by atoms with E-state index in [0.29, 0.717) is 24.6 Å². The van der Waals surface area contributed by atoms with E-state index in [4.69, 9.17) is 4.74 Å². The second-order valence-corrected chi connectivity index (χ2v) is 8.42. The van der Waals surface area contributed by atoms with Crippen LogP contribution in [0.2, 0.25) is 0 Å². The van der Waals surface area contributed by atoms with Crippen molar-refractivity contribution in [3.8, 4) is 5.82 Å². The zero-order valence-electron chi connectivity index (χ0n) is 15.9. The lowest BCUT2D eigenvalue weighted by atomic mass is 9.78. The van der Waals surface area contributed by atoms with Crippen LogP contribution in [0, 0.1) is 12.3 Å². The first-order chi connectivity index (χ1) is 13.4. The van der Waals surface area contributed by atoms with E-state index in [2.05, 4.69) is 25.3 Å². The van der Waals surface area contributed by atoms with Crippen LogP contribution >= 0.6 is 0 Å². The molecule has 5 rings (SSSR count). The van der Waals surface area contributed by atoms with Gasteiger partial charge in [0.25, 0.3) is 0 Å². The molecule has 0 amide bonds. The normalized spacial score (nSPS) is 23.3. The molecule has 3 fully saturated rings. The van der Waals surface area contributed by atoms with Crippen molar-refractivity contribution in [2.75, 3.05) is 36.5 Å². The summed E-state index contributed by atoms with van der Waals surface area (Å²) in [7, 11) is 0. The number of rotatable bonds is 4. The summed E-state index contributed by atoms with van der Waals surface area (Å²) in [6, 6.07) is 3.82. The minimum absolute atomic E-state index is 0.0378. The van der Waals surface area contributed by atoms with Crippen molar-refractivity contribution < 1.29 is 13.5 Å². The lowest BCUT2D eigenvalue weighted by Crippen LogP contribution is -2.66. The smallest absolute Gasteiger partial charge is 0.248 e. The molecule has 4 heterocycles. The van der Waals surface area contributed by atoms with Crippen LogP contribution in [0.3, 0.4) is 0 Å². The molecule has 0 radical (unpaired) electrons. The summed E-state index contributed by atoms with van der Waals surface area (Å²) < 4.78 is 34.0. The highest BCUT2D eigenvalue weighted by Crippen LogP contribution is 2.40. The molecule has 2 aromatic heterocycles. The predicted molar refractivity (Wildman–Crippen MR) is 100 cm³/mol. The number of aromatic nitrogens is 4. The fraction of sp³-hybridized carbons (Fsp3) is 0.632. The van der Waals surface area contributed by atoms with Gasteiger partial charge in [0, 0.05) is 49.9 Å². The van der Waals surface area contributed by atoms with Gasteiger partial charge in [0.1, 0.15) is 5.82 Å². The number of nitrogens with zero attached hydrogens (tertiary/aromatic N) is 5. The molecule has 0 unspecified atom stereocenters. The summed E-state index contributed by atoms with van der Waals surface area (Å²) in [6.07, 6.45) is 2.38. The van der Waals surface area contributed by atoms with Gasteiger partial charge in [-0.3, -0.25) is 0 Å². The van der Waals surface area contributed by atoms with Crippen molar-refractivity contribution in [2.45, 2.75) is 44.6 Å². The summed E-state index contributed by atoms with van der Waals surface area (Å²) in [6.45, 7) is 5.41. The molecule has 2 aromatic rings. The molecule has 1 aliphatic carbocycles. The third-order valence-corrected chi connectivity index (χ3v) is 5.99. The van der Waals surface area contributed by atoms with E-state index in [1.165, 1.54) is 0 Å². The molecule has 1 saturated carbocycles. The standard InChI is InChI=1S/C19H24F2N6O/c1-13-4-7-22-27(13)16-8-15(26-9-18(10-26)11-28-12-18)24-17(25-16)23-14-2-5-19(20,21)6-3-14/h4,7-8,14H,2-3,5-6,9-12H2,1H3,(H,23,24,25). The quantitative estimate of drug-likeness (QED) is 0.866. The Hall–Kier alpha value is -2.29. The van der Waals surface area contributed by atoms with Crippen molar-refractivity contribution in [1.29, 1.82) is 0 Å². The Labute approximate surface area is 162 Å². The van der Waals surface area contributed by atoms with E-state index < -0.39 is 5.92 Å². The van der Waals surface area contributed by atoms with Crippen LogP contribution in [0.5, 0.6) is 0 Å². The molecule has 1 N–H and O–H groups in total. The number of anilines is 2. The van der Waals surface area contributed by atoms with Crippen molar-refractivity contribution in [1.82, 2.24) is 19.7 Å². The van der Waals surface area contributed by atoms with Crippen LogP contribution in [0.1, 0.15) is 31.4 Å². The lowest BCUT2D eigenvalue weighted by molar-refractivity contribution is -0.127. The van der Waals surface area contributed by atoms with E-state index in [9.17, 15) is 8.78 Å². The van der Waals surface area contributed by atoms with Gasteiger partial charge in [0.15, 0.2) is 5.82 Å². The number of ether oxygens (including phenoxy) is 1. The van der Waals surface area contributed by atoms with E-state index in [-0.39, 0.29) is 24.3 Å². The maximum Gasteiger partial charge on any atom is 0.248 e. The first-order valence-electron chi connectivity index (χ1n) is 9.79. The first kappa shape index (κ1) is 17.8. The van der Waals surface area contributed by atoms with E-state index in [1.54, 1.807) is 10.9 Å². The monoisotopic (exact) mass is 390 g/mol. The van der Waals surface area contributed by atoms with Gasteiger partial charge in [-0.15, -0.1) is 0 Å². The number of aryl methyl sites for hydroxylation is 1. The SMILES string of the molecule is Cc1ccnn1-c1cc(N2CC3(COC3)C2)nc(NC2CCC(F)(F)CC2)n1. The van der Waals surface area contributed by atoms with Crippen LogP contribution in [0.4, 0.5) is 20.5 Å². The van der Waals surface area contributed by atoms with E-state index in [0.717, 1.165) is 37.8 Å². The van der Waals surface area contributed by atoms with E-state index >= 15 is 0 Å². The molecule has 150 valence electrons. The number of alkyl halides is 2. The van der Waals surface area contributed by atoms with Crippen molar-refractivity contribution in [3.05, 3.63) is 24.0 Å². The Morgan fingerprint density at radius 3 is 2.46 bits per heavy atom. The molecule has 7 nitrogen and oxygen atoms in total. The Bertz CT molecular complexity index is 863. The van der Waals surface area contributed by atoms with Gasteiger partial charge in [-0.2, -0.15) is 15.1 Å². The molecular weight excluding hydrogens is 366 g/mol. The molecule has 3 aliphatic rings. The topological polar surface area (TPSA) is 68.1 Å². The molecule has 0 aromatic carbocycles. The first-order valence-corrected chi connectivity index (χ1v) is 9.79. The second kappa shape index (κ2) is 6.37. The van der Waals surface area contributed by atoms with Crippen LogP contribution < -0.4 is 10.2 Å². The highest BCUT2D eigenvalue weighted by atomic mass is 19.3. The minimum atomic E-state index is -2.55. The summed E-state index contributed by atoms with van der Waals surface area (Å²) in [4.78, 5) is 11.5. The molecule has 9 heteroatoms. The lowest BCUT2D eigenvalue weighted by Gasteiger charge is -2.55. The summed E-state index contributed by atoms with van der Waals surface area (Å²) in [5.41, 5.74) is 1.25. The number of hydrogen-bond acceptors (Lipinski definition) is 6. The van der Waals surface area contributed by atoms with Gasteiger partial charge in [0.2, 0.25) is 11.9 Å². The van der Waals surface area contributed by atoms with Gasteiger partial charge < -0.3 is 15.0 Å². The molecule has 2 aliphatic heterocycles. The molecule has 28 heavy (non-hydrogen) atoms. The van der Waals surface area contributed by atoms with Crippen molar-refractivity contribution >= 4 is 11.8 Å². The predicted octanol–water partition coefficient (Wildman–Crippen LogP) is 2.80. The summed E-state index contributed by atoms with van der Waals surface area (Å²) in [5.74, 6) is -0.555. The van der Waals surface area contributed by atoms with Crippen molar-refractivity contribution in [3.63, 3.8) is 0 Å². The summed E-state index contributed by atoms with van der Waals surface area (Å²) in [5, 5.41) is 7.64. The highest BCUT2D eigenvalue weighted by molar-refractivity contribution is 5.52. The third-order valence-electron chi connectivity index (χ3n) is 5.99. The van der Waals surface area contributed by atoms with Crippen LogP contribution in [0.25, 0.3) is 5.82 Å². The minimum Gasteiger partial charge on any atom is -0.380 e.